The molecule has 2 fully saturated rings. The molecule has 0 bridgehead atoms. The van der Waals surface area contributed by atoms with Gasteiger partial charge in [-0.3, -0.25) is 4.90 Å². The van der Waals surface area contributed by atoms with Crippen molar-refractivity contribution < 1.29 is 0 Å². The summed E-state index contributed by atoms with van der Waals surface area (Å²) in [7, 11) is 2.20. The fourth-order valence-corrected chi connectivity index (χ4v) is 3.95. The number of likely N-dealkylation sites (tertiary alicyclic amines) is 1. The van der Waals surface area contributed by atoms with Gasteiger partial charge in [0, 0.05) is 51.0 Å². The number of hydrogen-bond acceptors (Lipinski definition) is 3. The Labute approximate surface area is 198 Å². The molecule has 0 N–H and O–H groups in total. The van der Waals surface area contributed by atoms with E-state index in [4.69, 9.17) is 0 Å². The first-order valence-corrected chi connectivity index (χ1v) is 12.2. The predicted octanol–water partition coefficient (Wildman–Crippen LogP) is 6.48. The fourth-order valence-electron chi connectivity index (χ4n) is 3.95. The van der Waals surface area contributed by atoms with Crippen LogP contribution in [-0.4, -0.2) is 67.1 Å². The summed E-state index contributed by atoms with van der Waals surface area (Å²) in [5.74, 6) is 0. The van der Waals surface area contributed by atoms with Gasteiger partial charge in [0.05, 0.1) is 0 Å². The zero-order chi connectivity index (χ0) is 24.1. The zero-order valence-corrected chi connectivity index (χ0v) is 21.8. The molecule has 3 nitrogen and oxygen atoms in total. The average Bonchev–Trinajstić information content (AvgIpc) is 2.79. The lowest BCUT2D eigenvalue weighted by molar-refractivity contribution is 0.0289. The Morgan fingerprint density at radius 3 is 1.94 bits per heavy atom. The Bertz CT molecular complexity index is 742. The van der Waals surface area contributed by atoms with E-state index in [9.17, 15) is 0 Å². The molecule has 0 amide bonds. The second kappa shape index (κ2) is 14.9. The van der Waals surface area contributed by atoms with Crippen LogP contribution in [0, 0.1) is 0 Å². The van der Waals surface area contributed by atoms with Crippen LogP contribution in [0.3, 0.4) is 0 Å². The summed E-state index contributed by atoms with van der Waals surface area (Å²) in [5, 5.41) is 0. The van der Waals surface area contributed by atoms with Gasteiger partial charge in [0.25, 0.3) is 0 Å². The van der Waals surface area contributed by atoms with E-state index in [1.54, 1.807) is 0 Å². The van der Waals surface area contributed by atoms with E-state index in [0.717, 1.165) is 31.1 Å². The van der Waals surface area contributed by atoms with Crippen molar-refractivity contribution in [3.8, 4) is 0 Å². The zero-order valence-electron chi connectivity index (χ0n) is 21.8. The maximum Gasteiger partial charge on any atom is 0.0367 e. The minimum Gasteiger partial charge on any atom is -0.369 e. The van der Waals surface area contributed by atoms with Crippen LogP contribution in [0.5, 0.6) is 0 Å². The molecule has 2 aliphatic rings. The molecule has 3 heteroatoms. The third-order valence-corrected chi connectivity index (χ3v) is 5.96. The van der Waals surface area contributed by atoms with Gasteiger partial charge in [-0.1, -0.05) is 87.6 Å². The Hall–Kier alpha value is -2.10. The van der Waals surface area contributed by atoms with E-state index in [1.165, 1.54) is 48.6 Å². The maximum atomic E-state index is 4.26. The van der Waals surface area contributed by atoms with E-state index < -0.39 is 0 Å². The third-order valence-electron chi connectivity index (χ3n) is 5.96. The van der Waals surface area contributed by atoms with E-state index in [0.29, 0.717) is 0 Å². The number of piperazine rings is 1. The van der Waals surface area contributed by atoms with Crippen LogP contribution < -0.4 is 0 Å². The highest BCUT2D eigenvalue weighted by molar-refractivity contribution is 5.61. The largest absolute Gasteiger partial charge is 0.369 e. The first-order valence-electron chi connectivity index (χ1n) is 12.2. The van der Waals surface area contributed by atoms with Crippen LogP contribution in [0.2, 0.25) is 0 Å². The molecule has 2 saturated heterocycles. The standard InChI is InChI=1S/C16H23N3.C11H18.C2H6/c1-14(15-6-4-3-5-7-15)18-8-10-19(11-9-18)16-12-17(2)13-16;1-6-11(10(4)5)8-7-9(2)3;1-2/h3-7,16H,1,8-13H2,2H3;7-8H,2,6H2,1,3-5H3;1-2H3/b;8-7-;. The summed E-state index contributed by atoms with van der Waals surface area (Å²) in [6, 6.07) is 11.3. The molecule has 0 unspecified atom stereocenters. The number of benzene rings is 1. The van der Waals surface area contributed by atoms with Crippen LogP contribution in [0.25, 0.3) is 5.70 Å². The van der Waals surface area contributed by atoms with Gasteiger partial charge in [-0.25, -0.2) is 0 Å². The van der Waals surface area contributed by atoms with Crippen LogP contribution in [0.1, 0.15) is 53.5 Å². The first kappa shape index (κ1) is 27.9. The van der Waals surface area contributed by atoms with Crippen molar-refractivity contribution in [3.63, 3.8) is 0 Å². The molecule has 32 heavy (non-hydrogen) atoms. The Balaban J connectivity index is 0.000000340. The normalized spacial score (nSPS) is 16.9. The number of nitrogens with zero attached hydrogens (tertiary/aromatic N) is 3. The summed E-state index contributed by atoms with van der Waals surface area (Å²) in [5.41, 5.74) is 6.33. The molecular weight excluding hydrogens is 390 g/mol. The lowest BCUT2D eigenvalue weighted by Crippen LogP contribution is -2.61. The second-order valence-electron chi connectivity index (χ2n) is 8.77. The summed E-state index contributed by atoms with van der Waals surface area (Å²) in [6.45, 7) is 27.6. The third kappa shape index (κ3) is 9.18. The van der Waals surface area contributed by atoms with Gasteiger partial charge in [-0.15, -0.1) is 0 Å². The van der Waals surface area contributed by atoms with Crippen LogP contribution in [0.4, 0.5) is 0 Å². The van der Waals surface area contributed by atoms with Gasteiger partial charge in [0.1, 0.15) is 0 Å². The first-order chi connectivity index (χ1) is 15.3. The van der Waals surface area contributed by atoms with Crippen LogP contribution >= 0.6 is 0 Å². The monoisotopic (exact) mass is 437 g/mol. The maximum absolute atomic E-state index is 4.26. The topological polar surface area (TPSA) is 9.72 Å². The van der Waals surface area contributed by atoms with Crippen LogP contribution in [-0.2, 0) is 0 Å². The fraction of sp³-hybridized carbons (Fsp3) is 0.517. The molecule has 0 spiro atoms. The number of likely N-dealkylation sites (N-methyl/N-ethyl adjacent to an activating group) is 1. The second-order valence-corrected chi connectivity index (χ2v) is 8.77. The molecule has 178 valence electrons. The van der Waals surface area contributed by atoms with Crippen molar-refractivity contribution in [2.24, 2.45) is 0 Å². The van der Waals surface area contributed by atoms with Crippen molar-refractivity contribution in [3.05, 3.63) is 77.9 Å². The van der Waals surface area contributed by atoms with Gasteiger partial charge in [-0.2, -0.15) is 0 Å². The molecule has 0 radical (unpaired) electrons. The van der Waals surface area contributed by atoms with Gasteiger partial charge < -0.3 is 9.80 Å². The molecule has 0 saturated carbocycles. The quantitative estimate of drug-likeness (QED) is 0.472. The molecule has 2 heterocycles. The molecule has 1 aromatic rings. The van der Waals surface area contributed by atoms with E-state index in [-0.39, 0.29) is 0 Å². The van der Waals surface area contributed by atoms with Crippen molar-refractivity contribution in [2.45, 2.75) is 54.0 Å². The molecule has 0 aromatic heterocycles. The van der Waals surface area contributed by atoms with Gasteiger partial charge in [-0.05, 0) is 45.4 Å². The molecule has 2 aliphatic heterocycles. The Morgan fingerprint density at radius 2 is 1.50 bits per heavy atom. The predicted molar refractivity (Wildman–Crippen MR) is 144 cm³/mol. The SMILES string of the molecule is C=C(C)/C=C\C(CC)=C(C)C.C=C(c1ccccc1)N1CCN(C2CN(C)C2)CC1.CC. The van der Waals surface area contributed by atoms with E-state index in [1.807, 2.05) is 20.8 Å². The minimum absolute atomic E-state index is 0.789. The molecule has 3 rings (SSSR count). The van der Waals surface area contributed by atoms with Gasteiger partial charge >= 0.3 is 0 Å². The Kier molecular flexibility index (Phi) is 13.0. The number of hydrogen-bond donors (Lipinski definition) is 0. The molecular formula is C29H47N3. The lowest BCUT2D eigenvalue weighted by Gasteiger charge is -2.47. The average molecular weight is 438 g/mol. The summed E-state index contributed by atoms with van der Waals surface area (Å²) < 4.78 is 0. The van der Waals surface area contributed by atoms with E-state index in [2.05, 4.69) is 98.2 Å². The number of rotatable bonds is 6. The summed E-state index contributed by atoms with van der Waals surface area (Å²) in [4.78, 5) is 7.45. The van der Waals surface area contributed by atoms with Crippen molar-refractivity contribution in [1.82, 2.24) is 14.7 Å². The highest BCUT2D eigenvalue weighted by Crippen LogP contribution is 2.21. The van der Waals surface area contributed by atoms with Crippen molar-refractivity contribution in [2.75, 3.05) is 46.3 Å². The smallest absolute Gasteiger partial charge is 0.0367 e. The summed E-state index contributed by atoms with van der Waals surface area (Å²) >= 11 is 0. The van der Waals surface area contributed by atoms with Crippen molar-refractivity contribution in [1.29, 1.82) is 0 Å². The number of allylic oxidation sites excluding steroid dienone is 5. The van der Waals surface area contributed by atoms with E-state index >= 15 is 0 Å². The Morgan fingerprint density at radius 1 is 0.938 bits per heavy atom. The van der Waals surface area contributed by atoms with Crippen LogP contribution in [0.15, 0.2) is 72.4 Å². The molecule has 1 aromatic carbocycles. The highest BCUT2D eigenvalue weighted by Gasteiger charge is 2.31. The molecule has 0 aliphatic carbocycles. The minimum atomic E-state index is 0.789. The van der Waals surface area contributed by atoms with Crippen molar-refractivity contribution >= 4 is 5.70 Å². The summed E-state index contributed by atoms with van der Waals surface area (Å²) in [6.07, 6.45) is 5.32. The highest BCUT2D eigenvalue weighted by atomic mass is 15.3. The molecule has 0 atom stereocenters. The van der Waals surface area contributed by atoms with Gasteiger partial charge in [0.15, 0.2) is 0 Å². The van der Waals surface area contributed by atoms with Gasteiger partial charge in [0.2, 0.25) is 0 Å². The lowest BCUT2D eigenvalue weighted by atomic mass is 10.1.